The highest BCUT2D eigenvalue weighted by Crippen LogP contribution is 2.33. The predicted molar refractivity (Wildman–Crippen MR) is 151 cm³/mol. The summed E-state index contributed by atoms with van der Waals surface area (Å²) in [5.41, 5.74) is 4.15. The monoisotopic (exact) mass is 520 g/mol. The molecule has 2 aromatic heterocycles. The number of carbonyl (C=O) groups is 1. The second-order valence-corrected chi connectivity index (χ2v) is 8.87. The van der Waals surface area contributed by atoms with Crippen molar-refractivity contribution in [3.8, 4) is 23.1 Å². The number of fused-ring (bicyclic) bond motifs is 1. The van der Waals surface area contributed by atoms with Crippen LogP contribution in [0.15, 0.2) is 91.1 Å². The Kier molecular flexibility index (Phi) is 7.54. The molecule has 0 unspecified atom stereocenters. The molecule has 0 spiro atoms. The largest absolute Gasteiger partial charge is 0.493 e. The number of aryl methyl sites for hydroxylation is 1. The van der Waals surface area contributed by atoms with E-state index < -0.39 is 0 Å². The highest BCUT2D eigenvalue weighted by Gasteiger charge is 2.13. The molecule has 0 aliphatic heterocycles. The second-order valence-electron chi connectivity index (χ2n) is 8.87. The maximum atomic E-state index is 12.9. The third-order valence-corrected chi connectivity index (χ3v) is 6.13. The quantitative estimate of drug-likeness (QED) is 0.232. The van der Waals surface area contributed by atoms with Gasteiger partial charge in [-0.3, -0.25) is 4.79 Å². The molecule has 5 aromatic rings. The van der Waals surface area contributed by atoms with E-state index in [-0.39, 0.29) is 5.91 Å². The summed E-state index contributed by atoms with van der Waals surface area (Å²) < 4.78 is 16.7. The summed E-state index contributed by atoms with van der Waals surface area (Å²) in [6.45, 7) is 2.47. The lowest BCUT2D eigenvalue weighted by molar-refractivity contribution is 0.0951. The van der Waals surface area contributed by atoms with Gasteiger partial charge in [-0.05, 0) is 61.0 Å². The third kappa shape index (κ3) is 6.07. The van der Waals surface area contributed by atoms with Crippen LogP contribution in [0.2, 0.25) is 0 Å². The Bertz CT molecular complexity index is 1600. The summed E-state index contributed by atoms with van der Waals surface area (Å²) in [4.78, 5) is 21.9. The van der Waals surface area contributed by atoms with Crippen LogP contribution < -0.4 is 24.8 Å². The minimum absolute atomic E-state index is 0.206. The molecule has 0 atom stereocenters. The van der Waals surface area contributed by atoms with Gasteiger partial charge in [0.25, 0.3) is 5.91 Å². The predicted octanol–water partition coefficient (Wildman–Crippen LogP) is 6.42. The number of amides is 1. The number of methoxy groups -OCH3 is 2. The van der Waals surface area contributed by atoms with Gasteiger partial charge in [-0.2, -0.15) is 0 Å². The molecule has 1 amide bonds. The highest BCUT2D eigenvalue weighted by molar-refractivity contribution is 5.99. The Balaban J connectivity index is 1.26. The van der Waals surface area contributed by atoms with Gasteiger partial charge in [0.1, 0.15) is 11.6 Å². The lowest BCUT2D eigenvalue weighted by atomic mass is 10.1. The number of benzene rings is 3. The van der Waals surface area contributed by atoms with Crippen molar-refractivity contribution in [2.24, 2.45) is 0 Å². The molecule has 5 rings (SSSR count). The zero-order valence-corrected chi connectivity index (χ0v) is 21.9. The van der Waals surface area contributed by atoms with E-state index in [0.29, 0.717) is 41.1 Å². The number of hydrogen-bond acceptors (Lipinski definition) is 7. The summed E-state index contributed by atoms with van der Waals surface area (Å²) >= 11 is 0. The molecule has 0 fully saturated rings. The summed E-state index contributed by atoms with van der Waals surface area (Å²) in [6.07, 6.45) is 1.65. The molecule has 0 saturated carbocycles. The molecule has 2 heterocycles. The average Bonchev–Trinajstić information content (AvgIpc) is 2.97. The van der Waals surface area contributed by atoms with Crippen LogP contribution in [0, 0.1) is 6.92 Å². The molecule has 0 bridgehead atoms. The van der Waals surface area contributed by atoms with Gasteiger partial charge < -0.3 is 24.8 Å². The first-order valence-corrected chi connectivity index (χ1v) is 12.4. The first-order valence-electron chi connectivity index (χ1n) is 12.4. The molecule has 196 valence electrons. The van der Waals surface area contributed by atoms with E-state index in [9.17, 15) is 4.79 Å². The van der Waals surface area contributed by atoms with Gasteiger partial charge in [-0.25, -0.2) is 9.97 Å². The minimum Gasteiger partial charge on any atom is -0.493 e. The molecule has 3 aromatic carbocycles. The van der Waals surface area contributed by atoms with Gasteiger partial charge in [0.2, 0.25) is 5.88 Å². The number of pyridine rings is 2. The van der Waals surface area contributed by atoms with Crippen LogP contribution in [0.4, 0.5) is 11.5 Å². The molecular weight excluding hydrogens is 492 g/mol. The number of rotatable bonds is 9. The summed E-state index contributed by atoms with van der Waals surface area (Å²) in [5.74, 6) is 2.57. The smallest absolute Gasteiger partial charge is 0.255 e. The summed E-state index contributed by atoms with van der Waals surface area (Å²) in [7, 11) is 3.19. The fourth-order valence-electron chi connectivity index (χ4n) is 4.02. The molecule has 8 heteroatoms. The van der Waals surface area contributed by atoms with E-state index in [2.05, 4.69) is 20.6 Å². The van der Waals surface area contributed by atoms with E-state index in [1.54, 1.807) is 38.6 Å². The van der Waals surface area contributed by atoms with Crippen LogP contribution in [0.5, 0.6) is 23.1 Å². The molecule has 39 heavy (non-hydrogen) atoms. The number of hydrogen-bond donors (Lipinski definition) is 2. The third-order valence-electron chi connectivity index (χ3n) is 6.13. The Hall–Kier alpha value is -5.11. The first kappa shape index (κ1) is 25.5. The van der Waals surface area contributed by atoms with Gasteiger partial charge >= 0.3 is 0 Å². The van der Waals surface area contributed by atoms with Gasteiger partial charge in [0, 0.05) is 35.9 Å². The van der Waals surface area contributed by atoms with E-state index in [4.69, 9.17) is 14.2 Å². The lowest BCUT2D eigenvalue weighted by Gasteiger charge is -2.12. The van der Waals surface area contributed by atoms with Gasteiger partial charge in [0.15, 0.2) is 11.5 Å². The molecule has 0 aliphatic carbocycles. The van der Waals surface area contributed by atoms with Crippen LogP contribution in [-0.4, -0.2) is 30.1 Å². The maximum Gasteiger partial charge on any atom is 0.255 e. The number of anilines is 2. The second kappa shape index (κ2) is 11.5. The van der Waals surface area contributed by atoms with Gasteiger partial charge in [-0.1, -0.05) is 29.8 Å². The van der Waals surface area contributed by atoms with Crippen molar-refractivity contribution < 1.29 is 19.0 Å². The number of nitrogens with one attached hydrogen (secondary N) is 2. The normalized spacial score (nSPS) is 10.6. The van der Waals surface area contributed by atoms with Crippen LogP contribution >= 0.6 is 0 Å². The highest BCUT2D eigenvalue weighted by atomic mass is 16.5. The Labute approximate surface area is 226 Å². The van der Waals surface area contributed by atoms with Crippen molar-refractivity contribution in [2.45, 2.75) is 13.5 Å². The molecule has 0 saturated heterocycles. The van der Waals surface area contributed by atoms with E-state index in [1.807, 2.05) is 73.7 Å². The van der Waals surface area contributed by atoms with Crippen LogP contribution in [0.25, 0.3) is 10.9 Å². The maximum absolute atomic E-state index is 12.9. The van der Waals surface area contributed by atoms with Crippen molar-refractivity contribution in [3.05, 3.63) is 108 Å². The molecule has 2 N–H and O–H groups in total. The molecular formula is C31H28N4O4. The number of ether oxygens (including phenoxy) is 3. The number of aromatic nitrogens is 2. The topological polar surface area (TPSA) is 94.6 Å². The van der Waals surface area contributed by atoms with Crippen molar-refractivity contribution in [2.75, 3.05) is 19.5 Å². The van der Waals surface area contributed by atoms with Crippen molar-refractivity contribution in [1.82, 2.24) is 15.3 Å². The Morgan fingerprint density at radius 2 is 1.62 bits per heavy atom. The van der Waals surface area contributed by atoms with Crippen molar-refractivity contribution in [1.29, 1.82) is 0 Å². The van der Waals surface area contributed by atoms with Crippen LogP contribution in [-0.2, 0) is 6.54 Å². The van der Waals surface area contributed by atoms with E-state index >= 15 is 0 Å². The Morgan fingerprint density at radius 3 is 2.36 bits per heavy atom. The minimum atomic E-state index is -0.206. The first-order chi connectivity index (χ1) is 19.0. The Morgan fingerprint density at radius 1 is 0.872 bits per heavy atom. The zero-order chi connectivity index (χ0) is 27.2. The number of nitrogens with zero attached hydrogens (tertiary/aromatic N) is 2. The summed E-state index contributed by atoms with van der Waals surface area (Å²) in [6, 6.07) is 26.3. The zero-order valence-electron chi connectivity index (χ0n) is 21.9. The fourth-order valence-corrected chi connectivity index (χ4v) is 4.02. The lowest BCUT2D eigenvalue weighted by Crippen LogP contribution is -2.24. The van der Waals surface area contributed by atoms with E-state index in [0.717, 1.165) is 22.2 Å². The van der Waals surface area contributed by atoms with Gasteiger partial charge in [-0.15, -0.1) is 0 Å². The van der Waals surface area contributed by atoms with Crippen LogP contribution in [0.3, 0.4) is 0 Å². The van der Waals surface area contributed by atoms with E-state index in [1.165, 1.54) is 5.56 Å². The van der Waals surface area contributed by atoms with Crippen molar-refractivity contribution in [3.63, 3.8) is 0 Å². The fraction of sp³-hybridized carbons (Fsp3) is 0.129. The average molecular weight is 521 g/mol. The standard InChI is InChI=1S/C31H28N4O4/c1-20-6-8-21(9-7-20)19-33-31(36)25-5-4-16-32-30(25)34-23-11-13-24(14-12-23)39-29-15-10-22-17-27(37-2)28(38-3)18-26(22)35-29/h4-18H,19H2,1-3H3,(H,32,34)(H,33,36). The molecule has 0 radical (unpaired) electrons. The van der Waals surface area contributed by atoms with Gasteiger partial charge in [0.05, 0.1) is 25.3 Å². The molecule has 8 nitrogen and oxygen atoms in total. The molecule has 0 aliphatic rings. The SMILES string of the molecule is COc1cc2ccc(Oc3ccc(Nc4ncccc4C(=O)NCc4ccc(C)cc4)cc3)nc2cc1OC. The summed E-state index contributed by atoms with van der Waals surface area (Å²) in [5, 5.41) is 7.10. The van der Waals surface area contributed by atoms with Crippen LogP contribution in [0.1, 0.15) is 21.5 Å². The number of carbonyl (C=O) groups excluding carboxylic acids is 1. The van der Waals surface area contributed by atoms with Crippen molar-refractivity contribution >= 4 is 28.3 Å².